The van der Waals surface area contributed by atoms with Crippen LogP contribution >= 0.6 is 11.3 Å². The number of hydrogen-bond donors (Lipinski definition) is 5. The number of thiophene rings is 1. The smallest absolute Gasteiger partial charge is 0.504 e. The van der Waals surface area contributed by atoms with E-state index in [0.29, 0.717) is 46.2 Å². The fourth-order valence-electron chi connectivity index (χ4n) is 5.86. The Bertz CT molecular complexity index is 2200. The first-order valence-corrected chi connectivity index (χ1v) is 18.1. The molecule has 0 spiro atoms. The summed E-state index contributed by atoms with van der Waals surface area (Å²) in [6.45, 7) is 4.11. The Kier molecular flexibility index (Phi) is 11.9. The minimum Gasteiger partial charge on any atom is -0.504 e. The van der Waals surface area contributed by atoms with Crippen LogP contribution in [0.25, 0.3) is 22.7 Å². The van der Waals surface area contributed by atoms with Crippen molar-refractivity contribution in [3.63, 3.8) is 0 Å². The molecule has 54 heavy (non-hydrogen) atoms. The van der Waals surface area contributed by atoms with Crippen LogP contribution in [0.15, 0.2) is 125 Å². The Morgan fingerprint density at radius 2 is 1.76 bits per heavy atom. The number of phenols is 2. The summed E-state index contributed by atoms with van der Waals surface area (Å²) in [5.74, 6) is -0.289. The van der Waals surface area contributed by atoms with Crippen molar-refractivity contribution >= 4 is 48.2 Å². The molecule has 0 saturated carbocycles. The summed E-state index contributed by atoms with van der Waals surface area (Å²) in [4.78, 5) is 17.9. The molecular weight excluding hydrogens is 709 g/mol. The van der Waals surface area contributed by atoms with E-state index >= 15 is 0 Å². The Morgan fingerprint density at radius 3 is 2.46 bits per heavy atom. The Balaban J connectivity index is 0.947. The third kappa shape index (κ3) is 10.0. The second kappa shape index (κ2) is 16.9. The zero-order chi connectivity index (χ0) is 38.2. The monoisotopic (exact) mass is 748 g/mol. The van der Waals surface area contributed by atoms with Crippen molar-refractivity contribution in [2.75, 3.05) is 18.5 Å². The van der Waals surface area contributed by atoms with Crippen molar-refractivity contribution in [2.45, 2.75) is 31.9 Å². The number of benzene rings is 3. The van der Waals surface area contributed by atoms with Crippen molar-refractivity contribution in [2.24, 2.45) is 4.99 Å². The molecule has 0 fully saturated rings. The number of hydrogen-bond acceptors (Lipinski definition) is 8. The number of halogens is 2. The van der Waals surface area contributed by atoms with E-state index in [9.17, 15) is 28.7 Å². The molecule has 9 nitrogen and oxygen atoms in total. The number of nitrogens with zero attached hydrogens (tertiary/aromatic N) is 2. The minimum absolute atomic E-state index is 0.171. The number of phenolic OH excluding ortho intramolecular Hbond substituents is 2. The number of ether oxygens (including phenoxy) is 1. The first kappa shape index (κ1) is 38.0. The standard InChI is InChI=1S/C41H39BF2N4O5S/c1-41(2,45-25-38(51)29-10-20-36(49)37(50)22-29)24-28-6-12-31(13-7-28)47-40(52)26-53-34-17-8-27(9-18-34)5-11-30-14-15-32(46-30)23-33-16-19-35(48(33)42(43)44)39-4-3-21-54-39/h3-23,38,45,49-51H,24-26H2,1-2H3,(H,47,52)/b11-5+,32-23-/t38-/m0/s1. The van der Waals surface area contributed by atoms with Gasteiger partial charge in [-0.2, -0.15) is 0 Å². The number of carbonyl (C=O) groups is 1. The van der Waals surface area contributed by atoms with Gasteiger partial charge in [0.05, 0.1) is 23.2 Å². The lowest BCUT2D eigenvalue weighted by atomic mass is 9.94. The summed E-state index contributed by atoms with van der Waals surface area (Å²) >= 11 is 1.41. The average molecular weight is 749 g/mol. The molecule has 5 aromatic rings. The number of aromatic hydroxyl groups is 2. The molecule has 2 aromatic heterocycles. The van der Waals surface area contributed by atoms with E-state index in [2.05, 4.69) is 15.6 Å². The van der Waals surface area contributed by atoms with E-state index in [1.54, 1.807) is 42.5 Å². The van der Waals surface area contributed by atoms with Gasteiger partial charge in [-0.05, 0) is 121 Å². The van der Waals surface area contributed by atoms with Gasteiger partial charge in [-0.25, -0.2) is 4.99 Å². The number of aliphatic imine (C=N–C) groups is 1. The molecule has 0 radical (unpaired) electrons. The first-order valence-electron chi connectivity index (χ1n) is 17.2. The average Bonchev–Trinajstić information content (AvgIpc) is 3.93. The molecule has 6 rings (SSSR count). The largest absolute Gasteiger partial charge is 0.678 e. The quantitative estimate of drug-likeness (QED) is 0.0544. The molecule has 1 atom stereocenters. The summed E-state index contributed by atoms with van der Waals surface area (Å²) in [6.07, 6.45) is 8.76. The van der Waals surface area contributed by atoms with Crippen LogP contribution in [0.2, 0.25) is 0 Å². The summed E-state index contributed by atoms with van der Waals surface area (Å²) < 4.78 is 34.6. The first-order chi connectivity index (χ1) is 25.9. The fraction of sp³-hybridized carbons (Fsp3) is 0.171. The summed E-state index contributed by atoms with van der Waals surface area (Å²) in [6, 6.07) is 26.0. The van der Waals surface area contributed by atoms with Gasteiger partial charge in [-0.3, -0.25) is 13.4 Å². The van der Waals surface area contributed by atoms with Crippen molar-refractivity contribution in [1.29, 1.82) is 0 Å². The highest BCUT2D eigenvalue weighted by Gasteiger charge is 2.24. The molecule has 1 amide bonds. The van der Waals surface area contributed by atoms with Gasteiger partial charge in [0, 0.05) is 28.3 Å². The molecule has 13 heteroatoms. The number of aliphatic hydroxyl groups is 1. The van der Waals surface area contributed by atoms with Crippen LogP contribution in [-0.2, 0) is 11.2 Å². The molecule has 0 aliphatic carbocycles. The molecule has 276 valence electrons. The van der Waals surface area contributed by atoms with Gasteiger partial charge in [-0.15, -0.1) is 11.3 Å². The molecule has 1 aliphatic rings. The van der Waals surface area contributed by atoms with Gasteiger partial charge in [0.15, 0.2) is 18.1 Å². The number of amides is 1. The predicted molar refractivity (Wildman–Crippen MR) is 212 cm³/mol. The van der Waals surface area contributed by atoms with E-state index in [1.807, 2.05) is 86.0 Å². The molecule has 0 bridgehead atoms. The second-order valence-corrected chi connectivity index (χ2v) is 14.3. The fourth-order valence-corrected chi connectivity index (χ4v) is 6.61. The van der Waals surface area contributed by atoms with Gasteiger partial charge in [0.25, 0.3) is 5.91 Å². The summed E-state index contributed by atoms with van der Waals surface area (Å²) in [5, 5.41) is 37.8. The highest BCUT2D eigenvalue weighted by atomic mass is 32.1. The maximum atomic E-state index is 13.9. The second-order valence-electron chi connectivity index (χ2n) is 13.3. The number of β-amino-alcohol motifs (C(OH)–C–C–N with tert-alkyl or cyclic N) is 1. The van der Waals surface area contributed by atoms with Crippen LogP contribution in [0, 0.1) is 0 Å². The van der Waals surface area contributed by atoms with Crippen LogP contribution in [0.1, 0.15) is 42.3 Å². The Hall–Kier alpha value is -5.76. The number of allylic oxidation sites excluding steroid dienone is 3. The van der Waals surface area contributed by atoms with E-state index in [-0.39, 0.29) is 36.1 Å². The zero-order valence-corrected chi connectivity index (χ0v) is 30.4. The highest BCUT2D eigenvalue weighted by Crippen LogP contribution is 2.30. The van der Waals surface area contributed by atoms with Crippen LogP contribution in [0.5, 0.6) is 17.2 Å². The number of carbonyl (C=O) groups excluding carboxylic acids is 1. The molecule has 1 aliphatic heterocycles. The van der Waals surface area contributed by atoms with Crippen LogP contribution in [0.3, 0.4) is 0 Å². The van der Waals surface area contributed by atoms with Crippen molar-refractivity contribution in [3.8, 4) is 27.8 Å². The topological polar surface area (TPSA) is 128 Å². The zero-order valence-electron chi connectivity index (χ0n) is 29.6. The predicted octanol–water partition coefficient (Wildman–Crippen LogP) is 8.13. The highest BCUT2D eigenvalue weighted by molar-refractivity contribution is 7.13. The maximum Gasteiger partial charge on any atom is 0.678 e. The number of nitrogens with one attached hydrogen (secondary N) is 2. The van der Waals surface area contributed by atoms with Gasteiger partial charge in [0.1, 0.15) is 5.75 Å². The molecule has 0 unspecified atom stereocenters. The Labute approximate surface area is 316 Å². The molecule has 5 N–H and O–H groups in total. The lowest BCUT2D eigenvalue weighted by Gasteiger charge is -2.28. The van der Waals surface area contributed by atoms with Gasteiger partial charge in [0.2, 0.25) is 0 Å². The van der Waals surface area contributed by atoms with E-state index in [4.69, 9.17) is 4.74 Å². The van der Waals surface area contributed by atoms with Crippen molar-refractivity contribution in [1.82, 2.24) is 9.79 Å². The number of aliphatic hydroxyl groups excluding tert-OH is 1. The van der Waals surface area contributed by atoms with Gasteiger partial charge < -0.3 is 35.2 Å². The molecule has 3 heterocycles. The molecule has 3 aromatic carbocycles. The summed E-state index contributed by atoms with van der Waals surface area (Å²) in [7, 11) is -2.68. The lowest BCUT2D eigenvalue weighted by molar-refractivity contribution is -0.118. The van der Waals surface area contributed by atoms with Crippen LogP contribution in [-0.4, -0.2) is 57.5 Å². The Morgan fingerprint density at radius 1 is 0.981 bits per heavy atom. The number of anilines is 1. The third-order valence-corrected chi connectivity index (χ3v) is 9.53. The summed E-state index contributed by atoms with van der Waals surface area (Å²) in [5.41, 5.74) is 4.79. The van der Waals surface area contributed by atoms with Gasteiger partial charge >= 0.3 is 7.40 Å². The normalized spacial score (nSPS) is 14.1. The van der Waals surface area contributed by atoms with E-state index in [1.165, 1.54) is 23.5 Å². The van der Waals surface area contributed by atoms with Crippen molar-refractivity contribution in [3.05, 3.63) is 143 Å². The molecular formula is C41H39BF2N4O5S. The molecule has 0 saturated heterocycles. The van der Waals surface area contributed by atoms with E-state index in [0.717, 1.165) is 20.5 Å². The SMILES string of the molecule is CC(C)(Cc1ccc(NC(=O)COc2ccc(/C=C/C3=NC(=C\c4ccc(-c5cccs5)n4B(F)F)/C=C3)cc2)cc1)NC[C@H](O)c1ccc(O)c(O)c1. The minimum atomic E-state index is -2.68. The van der Waals surface area contributed by atoms with E-state index < -0.39 is 13.5 Å². The lowest BCUT2D eigenvalue weighted by Crippen LogP contribution is -2.43. The number of rotatable bonds is 15. The van der Waals surface area contributed by atoms with Crippen molar-refractivity contribution < 1.29 is 33.5 Å². The van der Waals surface area contributed by atoms with Crippen LogP contribution < -0.4 is 15.4 Å². The third-order valence-electron chi connectivity index (χ3n) is 8.64. The maximum absolute atomic E-state index is 13.9. The van der Waals surface area contributed by atoms with Crippen LogP contribution in [0.4, 0.5) is 14.3 Å². The van der Waals surface area contributed by atoms with Gasteiger partial charge in [-0.1, -0.05) is 42.5 Å². The number of aromatic nitrogens is 1.